The summed E-state index contributed by atoms with van der Waals surface area (Å²) >= 11 is 6.36. The molecule has 1 fully saturated rings. The molecule has 1 saturated carbocycles. The molecule has 1 amide bonds. The number of fused-ring (bicyclic) bond motifs is 1. The van der Waals surface area contributed by atoms with E-state index in [1.807, 2.05) is 37.3 Å². The molecule has 4 rings (SSSR count). The highest BCUT2D eigenvalue weighted by molar-refractivity contribution is 6.33. The maximum atomic E-state index is 11.8. The van der Waals surface area contributed by atoms with Crippen molar-refractivity contribution in [1.29, 1.82) is 0 Å². The number of nitrogens with one attached hydrogen (secondary N) is 1. The molecule has 4 nitrogen and oxygen atoms in total. The minimum atomic E-state index is 0.0614. The lowest BCUT2D eigenvalue weighted by atomic mass is 10.2. The summed E-state index contributed by atoms with van der Waals surface area (Å²) in [5, 5.41) is 3.39. The van der Waals surface area contributed by atoms with Crippen LogP contribution in [0.15, 0.2) is 40.8 Å². The molecule has 116 valence electrons. The van der Waals surface area contributed by atoms with Gasteiger partial charge in [-0.2, -0.15) is 0 Å². The summed E-state index contributed by atoms with van der Waals surface area (Å²) in [7, 11) is 0. The fourth-order valence-electron chi connectivity index (χ4n) is 2.56. The first-order valence-electron chi connectivity index (χ1n) is 7.59. The van der Waals surface area contributed by atoms with Crippen molar-refractivity contribution in [3.05, 3.63) is 47.0 Å². The molecule has 1 aliphatic carbocycles. The van der Waals surface area contributed by atoms with Crippen molar-refractivity contribution in [2.45, 2.75) is 19.8 Å². The minimum absolute atomic E-state index is 0.0614. The third-order valence-electron chi connectivity index (χ3n) is 4.04. The second kappa shape index (κ2) is 5.39. The Balaban J connectivity index is 1.67. The third kappa shape index (κ3) is 2.70. The van der Waals surface area contributed by atoms with Crippen molar-refractivity contribution < 1.29 is 9.21 Å². The van der Waals surface area contributed by atoms with Gasteiger partial charge in [0, 0.05) is 11.6 Å². The number of benzene rings is 2. The van der Waals surface area contributed by atoms with Crippen molar-refractivity contribution in [1.82, 2.24) is 4.98 Å². The molecule has 0 spiro atoms. The van der Waals surface area contributed by atoms with Crippen LogP contribution in [0, 0.1) is 12.8 Å². The number of hydrogen-bond donors (Lipinski definition) is 1. The second-order valence-corrected chi connectivity index (χ2v) is 6.31. The monoisotopic (exact) mass is 326 g/mol. The third-order valence-corrected chi connectivity index (χ3v) is 4.35. The van der Waals surface area contributed by atoms with Crippen LogP contribution in [-0.2, 0) is 4.79 Å². The molecule has 1 aliphatic rings. The Morgan fingerprint density at radius 1 is 1.30 bits per heavy atom. The van der Waals surface area contributed by atoms with Gasteiger partial charge in [0.2, 0.25) is 11.8 Å². The van der Waals surface area contributed by atoms with E-state index >= 15 is 0 Å². The molecular weight excluding hydrogens is 312 g/mol. The van der Waals surface area contributed by atoms with E-state index in [0.29, 0.717) is 22.2 Å². The Hall–Kier alpha value is -2.33. The normalized spacial score (nSPS) is 14.2. The number of hydrogen-bond acceptors (Lipinski definition) is 3. The summed E-state index contributed by atoms with van der Waals surface area (Å²) in [5.74, 6) is 0.708. The first-order valence-corrected chi connectivity index (χ1v) is 7.96. The number of aromatic nitrogens is 1. The number of carbonyl (C=O) groups is 1. The number of carbonyl (C=O) groups excluding carboxylic acids is 1. The van der Waals surface area contributed by atoms with E-state index in [2.05, 4.69) is 10.3 Å². The summed E-state index contributed by atoms with van der Waals surface area (Å²) < 4.78 is 5.80. The number of anilines is 1. The lowest BCUT2D eigenvalue weighted by Gasteiger charge is -2.06. The van der Waals surface area contributed by atoms with E-state index in [4.69, 9.17) is 16.0 Å². The number of halogens is 1. The number of oxazole rings is 1. The average molecular weight is 327 g/mol. The van der Waals surface area contributed by atoms with E-state index in [-0.39, 0.29) is 11.8 Å². The van der Waals surface area contributed by atoms with Gasteiger partial charge in [-0.3, -0.25) is 4.79 Å². The topological polar surface area (TPSA) is 55.1 Å². The first kappa shape index (κ1) is 14.3. The van der Waals surface area contributed by atoms with Crippen LogP contribution in [0.25, 0.3) is 22.6 Å². The summed E-state index contributed by atoms with van der Waals surface area (Å²) in [6.07, 6.45) is 1.94. The standard InChI is InChI=1S/C18H15ClN2O2/c1-10-3-2-4-15-16(10)21-18(23-15)13-8-7-12(9-14(13)19)20-17(22)11-5-6-11/h2-4,7-9,11H,5-6H2,1H3,(H,20,22). The van der Waals surface area contributed by atoms with Gasteiger partial charge in [0.1, 0.15) is 5.52 Å². The molecule has 0 saturated heterocycles. The van der Waals surface area contributed by atoms with E-state index in [1.165, 1.54) is 0 Å². The highest BCUT2D eigenvalue weighted by Gasteiger charge is 2.29. The Bertz CT molecular complexity index is 913. The number of para-hydroxylation sites is 1. The van der Waals surface area contributed by atoms with Crippen LogP contribution in [0.3, 0.4) is 0 Å². The zero-order valence-corrected chi connectivity index (χ0v) is 13.4. The van der Waals surface area contributed by atoms with E-state index in [9.17, 15) is 4.79 Å². The van der Waals surface area contributed by atoms with Crippen LogP contribution in [0.4, 0.5) is 5.69 Å². The van der Waals surface area contributed by atoms with Crippen molar-refractivity contribution in [2.24, 2.45) is 5.92 Å². The number of amides is 1. The largest absolute Gasteiger partial charge is 0.436 e. The number of rotatable bonds is 3. The van der Waals surface area contributed by atoms with Crippen LogP contribution >= 0.6 is 11.6 Å². The maximum Gasteiger partial charge on any atom is 0.228 e. The molecule has 2 aromatic carbocycles. The van der Waals surface area contributed by atoms with Gasteiger partial charge >= 0.3 is 0 Å². The number of aryl methyl sites for hydroxylation is 1. The van der Waals surface area contributed by atoms with Crippen molar-refractivity contribution in [3.8, 4) is 11.5 Å². The van der Waals surface area contributed by atoms with Crippen LogP contribution in [0.1, 0.15) is 18.4 Å². The van der Waals surface area contributed by atoms with Gasteiger partial charge < -0.3 is 9.73 Å². The summed E-state index contributed by atoms with van der Waals surface area (Å²) in [4.78, 5) is 16.3. The van der Waals surface area contributed by atoms with Crippen molar-refractivity contribution >= 4 is 34.3 Å². The van der Waals surface area contributed by atoms with Crippen molar-refractivity contribution in [3.63, 3.8) is 0 Å². The van der Waals surface area contributed by atoms with Crippen LogP contribution in [0.2, 0.25) is 5.02 Å². The molecule has 0 atom stereocenters. The summed E-state index contributed by atoms with van der Waals surface area (Å²) in [6.45, 7) is 1.99. The molecule has 0 bridgehead atoms. The minimum Gasteiger partial charge on any atom is -0.436 e. The van der Waals surface area contributed by atoms with Gasteiger partial charge in [-0.15, -0.1) is 0 Å². The Morgan fingerprint density at radius 3 is 2.83 bits per heavy atom. The highest BCUT2D eigenvalue weighted by Crippen LogP contribution is 2.34. The summed E-state index contributed by atoms with van der Waals surface area (Å²) in [5.41, 5.74) is 4.04. The maximum absolute atomic E-state index is 11.8. The van der Waals surface area contributed by atoms with Crippen molar-refractivity contribution in [2.75, 3.05) is 5.32 Å². The molecule has 1 heterocycles. The van der Waals surface area contributed by atoms with Crippen LogP contribution < -0.4 is 5.32 Å². The first-order chi connectivity index (χ1) is 11.1. The average Bonchev–Trinajstić information content (AvgIpc) is 3.28. The molecule has 1 aromatic heterocycles. The SMILES string of the molecule is Cc1cccc2oc(-c3ccc(NC(=O)C4CC4)cc3Cl)nc12. The molecule has 0 radical (unpaired) electrons. The second-order valence-electron chi connectivity index (χ2n) is 5.90. The van der Waals surface area contributed by atoms with E-state index in [0.717, 1.165) is 29.5 Å². The van der Waals surface area contributed by atoms with Crippen LogP contribution in [0.5, 0.6) is 0 Å². The van der Waals surface area contributed by atoms with Gasteiger partial charge in [0.25, 0.3) is 0 Å². The Kier molecular flexibility index (Phi) is 3.34. The quantitative estimate of drug-likeness (QED) is 0.751. The number of nitrogens with zero attached hydrogens (tertiary/aromatic N) is 1. The van der Waals surface area contributed by atoms with Gasteiger partial charge in [-0.1, -0.05) is 23.7 Å². The molecule has 0 aliphatic heterocycles. The predicted octanol–water partition coefficient (Wildman–Crippen LogP) is 4.81. The fraction of sp³-hybridized carbons (Fsp3) is 0.222. The van der Waals surface area contributed by atoms with Gasteiger partial charge in [0.05, 0.1) is 10.6 Å². The molecule has 5 heteroatoms. The molecular formula is C18H15ClN2O2. The van der Waals surface area contributed by atoms with Gasteiger partial charge in [-0.05, 0) is 49.6 Å². The van der Waals surface area contributed by atoms with Gasteiger partial charge in [-0.25, -0.2) is 4.98 Å². The molecule has 23 heavy (non-hydrogen) atoms. The Morgan fingerprint density at radius 2 is 2.13 bits per heavy atom. The van der Waals surface area contributed by atoms with Gasteiger partial charge in [0.15, 0.2) is 5.58 Å². The predicted molar refractivity (Wildman–Crippen MR) is 90.5 cm³/mol. The highest BCUT2D eigenvalue weighted by atomic mass is 35.5. The lowest BCUT2D eigenvalue weighted by Crippen LogP contribution is -2.13. The zero-order chi connectivity index (χ0) is 16.0. The van der Waals surface area contributed by atoms with Crippen LogP contribution in [-0.4, -0.2) is 10.9 Å². The Labute approximate surface area is 138 Å². The zero-order valence-electron chi connectivity index (χ0n) is 12.6. The summed E-state index contributed by atoms with van der Waals surface area (Å²) in [6, 6.07) is 11.2. The molecule has 1 N–H and O–H groups in total. The molecule has 0 unspecified atom stereocenters. The fourth-order valence-corrected chi connectivity index (χ4v) is 2.82. The smallest absolute Gasteiger partial charge is 0.228 e. The molecule has 3 aromatic rings. The van der Waals surface area contributed by atoms with E-state index < -0.39 is 0 Å². The van der Waals surface area contributed by atoms with E-state index in [1.54, 1.807) is 6.07 Å². The lowest BCUT2D eigenvalue weighted by molar-refractivity contribution is -0.117.